The van der Waals surface area contributed by atoms with Gasteiger partial charge in [-0.15, -0.1) is 0 Å². The Morgan fingerprint density at radius 1 is 1.29 bits per heavy atom. The summed E-state index contributed by atoms with van der Waals surface area (Å²) in [6.07, 6.45) is 1.77. The summed E-state index contributed by atoms with van der Waals surface area (Å²) in [5.74, 6) is -0.486. The first kappa shape index (κ1) is 16.0. The van der Waals surface area contributed by atoms with E-state index in [1.165, 1.54) is 18.2 Å². The van der Waals surface area contributed by atoms with E-state index in [1.807, 2.05) is 0 Å². The van der Waals surface area contributed by atoms with Gasteiger partial charge in [-0.05, 0) is 49.4 Å². The largest absolute Gasteiger partial charge is 0.467 e. The Morgan fingerprint density at radius 2 is 1.86 bits per heavy atom. The van der Waals surface area contributed by atoms with Gasteiger partial charge in [-0.2, -0.15) is 0 Å². The zero-order valence-corrected chi connectivity index (χ0v) is 12.9. The van der Waals surface area contributed by atoms with Crippen molar-refractivity contribution >= 4 is 5.97 Å². The van der Waals surface area contributed by atoms with Crippen LogP contribution in [0.3, 0.4) is 0 Å². The Kier molecular flexibility index (Phi) is 5.76. The van der Waals surface area contributed by atoms with Gasteiger partial charge in [0.1, 0.15) is 0 Å². The number of carbonyl (C=O) groups excluding carboxylic acids is 1. The fourth-order valence-corrected chi connectivity index (χ4v) is 2.88. The van der Waals surface area contributed by atoms with Gasteiger partial charge in [-0.1, -0.05) is 31.2 Å². The van der Waals surface area contributed by atoms with Gasteiger partial charge in [0.15, 0.2) is 6.10 Å². The second kappa shape index (κ2) is 7.57. The van der Waals surface area contributed by atoms with Crippen LogP contribution in [0.5, 0.6) is 0 Å². The van der Waals surface area contributed by atoms with Crippen molar-refractivity contribution in [1.82, 2.24) is 4.90 Å². The van der Waals surface area contributed by atoms with Crippen molar-refractivity contribution in [3.8, 4) is 0 Å². The van der Waals surface area contributed by atoms with Crippen LogP contribution in [0.1, 0.15) is 30.9 Å². The molecule has 1 unspecified atom stereocenters. The minimum atomic E-state index is -0.971. The molecule has 1 fully saturated rings. The number of hydrogen-bond donors (Lipinski definition) is 1. The summed E-state index contributed by atoms with van der Waals surface area (Å²) in [6.45, 7) is 4.92. The van der Waals surface area contributed by atoms with Crippen LogP contribution in [-0.2, 0) is 22.5 Å². The van der Waals surface area contributed by atoms with Crippen molar-refractivity contribution in [1.29, 1.82) is 0 Å². The number of carbonyl (C=O) groups is 1. The summed E-state index contributed by atoms with van der Waals surface area (Å²) in [6, 6.07) is 8.74. The first-order valence-corrected chi connectivity index (χ1v) is 7.70. The van der Waals surface area contributed by atoms with Crippen molar-refractivity contribution in [3.05, 3.63) is 35.4 Å². The quantitative estimate of drug-likeness (QED) is 0.843. The topological polar surface area (TPSA) is 49.8 Å². The Hall–Kier alpha value is -1.39. The first-order chi connectivity index (χ1) is 10.1. The van der Waals surface area contributed by atoms with E-state index in [4.69, 9.17) is 0 Å². The van der Waals surface area contributed by atoms with Gasteiger partial charge in [0.05, 0.1) is 7.11 Å². The maximum atomic E-state index is 11.4. The summed E-state index contributed by atoms with van der Waals surface area (Å²) >= 11 is 0. The number of aryl methyl sites for hydroxylation is 1. The average molecular weight is 291 g/mol. The standard InChI is InChI=1S/C17H25NO3/c1-3-13-4-6-14(7-5-13)12-18-10-8-15(9-11-18)16(19)17(20)21-2/h4-7,15-16,19H,3,8-12H2,1-2H3. The van der Waals surface area contributed by atoms with Crippen LogP contribution in [0.25, 0.3) is 0 Å². The molecule has 1 aromatic carbocycles. The van der Waals surface area contributed by atoms with E-state index in [-0.39, 0.29) is 5.92 Å². The molecule has 1 aliphatic heterocycles. The molecule has 0 aliphatic carbocycles. The van der Waals surface area contributed by atoms with Crippen LogP contribution in [0, 0.1) is 5.92 Å². The van der Waals surface area contributed by atoms with Gasteiger partial charge in [0.2, 0.25) is 0 Å². The summed E-state index contributed by atoms with van der Waals surface area (Å²) in [7, 11) is 1.32. The number of hydrogen-bond acceptors (Lipinski definition) is 4. The lowest BCUT2D eigenvalue weighted by Crippen LogP contribution is -2.40. The monoisotopic (exact) mass is 291 g/mol. The SMILES string of the molecule is CCc1ccc(CN2CCC(C(O)C(=O)OC)CC2)cc1. The number of aliphatic hydroxyl groups excluding tert-OH is 1. The number of esters is 1. The molecule has 0 bridgehead atoms. The Balaban J connectivity index is 1.82. The highest BCUT2D eigenvalue weighted by Gasteiger charge is 2.30. The maximum absolute atomic E-state index is 11.4. The van der Waals surface area contributed by atoms with Crippen LogP contribution in [0.2, 0.25) is 0 Å². The molecule has 1 heterocycles. The molecule has 116 valence electrons. The number of rotatable bonds is 5. The zero-order chi connectivity index (χ0) is 15.2. The molecular weight excluding hydrogens is 266 g/mol. The highest BCUT2D eigenvalue weighted by Crippen LogP contribution is 2.22. The number of nitrogens with zero attached hydrogens (tertiary/aromatic N) is 1. The Bertz CT molecular complexity index is 450. The van der Waals surface area contributed by atoms with E-state index < -0.39 is 12.1 Å². The fourth-order valence-electron chi connectivity index (χ4n) is 2.88. The zero-order valence-electron chi connectivity index (χ0n) is 12.9. The van der Waals surface area contributed by atoms with Crippen molar-refractivity contribution < 1.29 is 14.6 Å². The molecule has 0 amide bonds. The third kappa shape index (κ3) is 4.29. The third-order valence-corrected chi connectivity index (χ3v) is 4.36. The van der Waals surface area contributed by atoms with Crippen molar-refractivity contribution in [2.24, 2.45) is 5.92 Å². The second-order valence-corrected chi connectivity index (χ2v) is 5.75. The van der Waals surface area contributed by atoms with E-state index in [0.717, 1.165) is 38.9 Å². The van der Waals surface area contributed by atoms with Gasteiger partial charge < -0.3 is 9.84 Å². The van der Waals surface area contributed by atoms with E-state index >= 15 is 0 Å². The Morgan fingerprint density at radius 3 is 2.38 bits per heavy atom. The number of methoxy groups -OCH3 is 1. The number of piperidine rings is 1. The second-order valence-electron chi connectivity index (χ2n) is 5.75. The van der Waals surface area contributed by atoms with Crippen LogP contribution in [0.15, 0.2) is 24.3 Å². The van der Waals surface area contributed by atoms with Gasteiger partial charge >= 0.3 is 5.97 Å². The van der Waals surface area contributed by atoms with Crippen molar-refractivity contribution in [3.63, 3.8) is 0 Å². The molecule has 1 aliphatic rings. The van der Waals surface area contributed by atoms with Gasteiger partial charge in [0, 0.05) is 6.54 Å². The minimum Gasteiger partial charge on any atom is -0.467 e. The van der Waals surface area contributed by atoms with Crippen LogP contribution < -0.4 is 0 Å². The number of benzene rings is 1. The van der Waals surface area contributed by atoms with E-state index in [9.17, 15) is 9.90 Å². The summed E-state index contributed by atoms with van der Waals surface area (Å²) in [5.41, 5.74) is 2.68. The van der Waals surface area contributed by atoms with E-state index in [2.05, 4.69) is 40.8 Å². The van der Waals surface area contributed by atoms with E-state index in [0.29, 0.717) is 0 Å². The minimum absolute atomic E-state index is 0.0242. The third-order valence-electron chi connectivity index (χ3n) is 4.36. The predicted octanol–water partition coefficient (Wildman–Crippen LogP) is 1.99. The lowest BCUT2D eigenvalue weighted by Gasteiger charge is -2.33. The van der Waals surface area contributed by atoms with Crippen LogP contribution >= 0.6 is 0 Å². The molecule has 0 spiro atoms. The Labute approximate surface area is 126 Å². The normalized spacial score (nSPS) is 18.4. The molecule has 1 N–H and O–H groups in total. The predicted molar refractivity (Wildman–Crippen MR) is 81.8 cm³/mol. The first-order valence-electron chi connectivity index (χ1n) is 7.70. The molecule has 1 saturated heterocycles. The van der Waals surface area contributed by atoms with Crippen LogP contribution in [-0.4, -0.2) is 42.3 Å². The molecule has 1 aromatic rings. The molecule has 4 heteroatoms. The summed E-state index contributed by atoms with van der Waals surface area (Å²) < 4.78 is 4.61. The lowest BCUT2D eigenvalue weighted by atomic mass is 9.91. The molecule has 1 atom stereocenters. The van der Waals surface area contributed by atoms with Crippen molar-refractivity contribution in [2.75, 3.05) is 20.2 Å². The molecule has 0 aromatic heterocycles. The smallest absolute Gasteiger partial charge is 0.334 e. The van der Waals surface area contributed by atoms with Gasteiger partial charge in [0.25, 0.3) is 0 Å². The molecule has 0 radical (unpaired) electrons. The van der Waals surface area contributed by atoms with Gasteiger partial charge in [-0.25, -0.2) is 4.79 Å². The van der Waals surface area contributed by atoms with E-state index in [1.54, 1.807) is 0 Å². The highest BCUT2D eigenvalue weighted by atomic mass is 16.5. The number of aliphatic hydroxyl groups is 1. The molecule has 21 heavy (non-hydrogen) atoms. The van der Waals surface area contributed by atoms with Crippen molar-refractivity contribution in [2.45, 2.75) is 38.8 Å². The summed E-state index contributed by atoms with van der Waals surface area (Å²) in [4.78, 5) is 13.7. The fraction of sp³-hybridized carbons (Fsp3) is 0.588. The number of ether oxygens (including phenoxy) is 1. The molecular formula is C17H25NO3. The molecule has 4 nitrogen and oxygen atoms in total. The molecule has 2 rings (SSSR count). The summed E-state index contributed by atoms with van der Waals surface area (Å²) in [5, 5.41) is 9.88. The molecule has 0 saturated carbocycles. The maximum Gasteiger partial charge on any atom is 0.334 e. The van der Waals surface area contributed by atoms with Gasteiger partial charge in [-0.3, -0.25) is 4.90 Å². The lowest BCUT2D eigenvalue weighted by molar-refractivity contribution is -0.154. The number of likely N-dealkylation sites (tertiary alicyclic amines) is 1. The average Bonchev–Trinajstić information content (AvgIpc) is 2.55. The van der Waals surface area contributed by atoms with Crippen LogP contribution in [0.4, 0.5) is 0 Å². The highest BCUT2D eigenvalue weighted by molar-refractivity contribution is 5.74.